The van der Waals surface area contributed by atoms with Gasteiger partial charge in [-0.15, -0.1) is 22.7 Å². The molecule has 3 heterocycles. The zero-order valence-electron chi connectivity index (χ0n) is 14.2. The van der Waals surface area contributed by atoms with Gasteiger partial charge in [-0.1, -0.05) is 24.3 Å². The van der Waals surface area contributed by atoms with Gasteiger partial charge in [0.25, 0.3) is 5.91 Å². The highest BCUT2D eigenvalue weighted by atomic mass is 32.1. The first kappa shape index (κ1) is 17.6. The Balaban J connectivity index is 1.51. The lowest BCUT2D eigenvalue weighted by molar-refractivity contribution is 0.0959. The summed E-state index contributed by atoms with van der Waals surface area (Å²) >= 11 is 2.89. The molecule has 1 aromatic carbocycles. The molecule has 0 aliphatic rings. The topological polar surface area (TPSA) is 68.0 Å². The molecule has 0 atom stereocenters. The molecular weight excluding hydrogens is 381 g/mol. The number of nitrogens with one attached hydrogen (secondary N) is 1. The van der Waals surface area contributed by atoms with Gasteiger partial charge in [0.2, 0.25) is 0 Å². The summed E-state index contributed by atoms with van der Waals surface area (Å²) in [5.74, 6) is -0.525. The normalized spacial score (nSPS) is 11.0. The van der Waals surface area contributed by atoms with Crippen LogP contribution in [0.5, 0.6) is 0 Å². The van der Waals surface area contributed by atoms with Crippen LogP contribution in [0, 0.1) is 5.82 Å². The molecule has 4 rings (SSSR count). The van der Waals surface area contributed by atoms with E-state index in [0.717, 1.165) is 20.8 Å². The Labute approximate surface area is 163 Å². The van der Waals surface area contributed by atoms with Gasteiger partial charge < -0.3 is 11.1 Å². The predicted octanol–water partition coefficient (Wildman–Crippen LogP) is 4.72. The Morgan fingerprint density at radius 2 is 2.00 bits per heavy atom. The van der Waals surface area contributed by atoms with Crippen molar-refractivity contribution in [2.45, 2.75) is 6.42 Å². The Morgan fingerprint density at radius 1 is 1.15 bits per heavy atom. The molecule has 136 valence electrons. The van der Waals surface area contributed by atoms with Crippen LogP contribution in [0.25, 0.3) is 20.8 Å². The molecule has 0 bridgehead atoms. The largest absolute Gasteiger partial charge is 0.397 e. The SMILES string of the molecule is Nc1c(C(=O)NCCc2ccccc2F)sc2nc(-c3cccs3)ccc12. The van der Waals surface area contributed by atoms with Gasteiger partial charge in [0, 0.05) is 11.9 Å². The van der Waals surface area contributed by atoms with Crippen LogP contribution in [0.2, 0.25) is 0 Å². The highest BCUT2D eigenvalue weighted by Crippen LogP contribution is 2.34. The fourth-order valence-corrected chi connectivity index (χ4v) is 4.52. The lowest BCUT2D eigenvalue weighted by Crippen LogP contribution is -2.25. The molecule has 3 N–H and O–H groups in total. The molecule has 0 radical (unpaired) electrons. The van der Waals surface area contributed by atoms with Crippen LogP contribution in [-0.2, 0) is 6.42 Å². The minimum atomic E-state index is -0.265. The summed E-state index contributed by atoms with van der Waals surface area (Å²) in [5.41, 5.74) is 8.04. The summed E-state index contributed by atoms with van der Waals surface area (Å²) in [6.45, 7) is 0.335. The smallest absolute Gasteiger partial charge is 0.263 e. The average Bonchev–Trinajstić information content (AvgIpc) is 3.31. The molecule has 4 nitrogen and oxygen atoms in total. The summed E-state index contributed by atoms with van der Waals surface area (Å²) < 4.78 is 13.7. The van der Waals surface area contributed by atoms with Crippen molar-refractivity contribution in [3.63, 3.8) is 0 Å². The number of amides is 1. The minimum absolute atomic E-state index is 0.260. The van der Waals surface area contributed by atoms with Crippen LogP contribution in [0.1, 0.15) is 15.2 Å². The van der Waals surface area contributed by atoms with Gasteiger partial charge in [-0.05, 0) is 41.6 Å². The van der Waals surface area contributed by atoms with Crippen LogP contribution >= 0.6 is 22.7 Å². The lowest BCUT2D eigenvalue weighted by atomic mass is 10.1. The molecule has 0 aliphatic heterocycles. The third-order valence-corrected chi connectivity index (χ3v) is 6.22. The van der Waals surface area contributed by atoms with Gasteiger partial charge in [0.1, 0.15) is 15.5 Å². The zero-order valence-corrected chi connectivity index (χ0v) is 15.9. The number of thiophene rings is 2. The van der Waals surface area contributed by atoms with Gasteiger partial charge in [-0.3, -0.25) is 4.79 Å². The Hall–Kier alpha value is -2.77. The van der Waals surface area contributed by atoms with E-state index in [1.807, 2.05) is 29.6 Å². The quantitative estimate of drug-likeness (QED) is 0.512. The molecule has 0 unspecified atom stereocenters. The van der Waals surface area contributed by atoms with E-state index in [9.17, 15) is 9.18 Å². The van der Waals surface area contributed by atoms with Crippen molar-refractivity contribution in [3.8, 4) is 10.6 Å². The van der Waals surface area contributed by atoms with Crippen LogP contribution in [0.3, 0.4) is 0 Å². The van der Waals surface area contributed by atoms with Gasteiger partial charge >= 0.3 is 0 Å². The standard InChI is InChI=1S/C20H16FN3OS2/c21-14-5-2-1-4-12(14)9-10-23-19(25)18-17(22)13-7-8-15(24-20(13)27-18)16-6-3-11-26-16/h1-8,11H,9-10,22H2,(H,23,25). The second kappa shape index (κ2) is 7.46. The summed E-state index contributed by atoms with van der Waals surface area (Å²) in [4.78, 5) is 19.4. The number of halogens is 1. The number of pyridine rings is 1. The third-order valence-electron chi connectivity index (χ3n) is 4.21. The summed E-state index contributed by atoms with van der Waals surface area (Å²) in [7, 11) is 0. The number of carbonyl (C=O) groups excluding carboxylic acids is 1. The molecule has 27 heavy (non-hydrogen) atoms. The monoisotopic (exact) mass is 397 g/mol. The first-order chi connectivity index (χ1) is 13.1. The minimum Gasteiger partial charge on any atom is -0.397 e. The van der Waals surface area contributed by atoms with E-state index in [1.54, 1.807) is 29.5 Å². The van der Waals surface area contributed by atoms with Gasteiger partial charge in [0.15, 0.2) is 0 Å². The zero-order chi connectivity index (χ0) is 18.8. The van der Waals surface area contributed by atoms with Crippen LogP contribution in [0.15, 0.2) is 53.9 Å². The number of carbonyl (C=O) groups is 1. The maximum Gasteiger partial charge on any atom is 0.263 e. The fourth-order valence-electron chi connectivity index (χ4n) is 2.82. The molecule has 4 aromatic rings. The van der Waals surface area contributed by atoms with E-state index in [1.165, 1.54) is 17.4 Å². The molecule has 0 saturated heterocycles. The van der Waals surface area contributed by atoms with Crippen molar-refractivity contribution in [2.24, 2.45) is 0 Å². The van der Waals surface area contributed by atoms with E-state index in [2.05, 4.69) is 10.3 Å². The predicted molar refractivity (Wildman–Crippen MR) is 110 cm³/mol. The second-order valence-electron chi connectivity index (χ2n) is 5.97. The number of rotatable bonds is 5. The lowest BCUT2D eigenvalue weighted by Gasteiger charge is -2.05. The number of fused-ring (bicyclic) bond motifs is 1. The number of anilines is 1. The molecule has 0 spiro atoms. The van der Waals surface area contributed by atoms with Crippen LogP contribution < -0.4 is 11.1 Å². The van der Waals surface area contributed by atoms with Crippen molar-refractivity contribution in [3.05, 3.63) is 70.2 Å². The third kappa shape index (κ3) is 3.56. The maximum atomic E-state index is 13.7. The van der Waals surface area contributed by atoms with Crippen molar-refractivity contribution in [2.75, 3.05) is 12.3 Å². The Bertz CT molecular complexity index is 1110. The van der Waals surface area contributed by atoms with Crippen molar-refractivity contribution >= 4 is 44.5 Å². The molecule has 7 heteroatoms. The molecular formula is C20H16FN3OS2. The molecule has 0 fully saturated rings. The second-order valence-corrected chi connectivity index (χ2v) is 7.92. The summed E-state index contributed by atoms with van der Waals surface area (Å²) in [6, 6.07) is 14.4. The van der Waals surface area contributed by atoms with E-state index in [4.69, 9.17) is 5.73 Å². The molecule has 0 saturated carbocycles. The molecule has 0 aliphatic carbocycles. The average molecular weight is 398 g/mol. The van der Waals surface area contributed by atoms with Gasteiger partial charge in [-0.25, -0.2) is 9.37 Å². The highest BCUT2D eigenvalue weighted by Gasteiger charge is 2.17. The van der Waals surface area contributed by atoms with Crippen LogP contribution in [0.4, 0.5) is 10.1 Å². The van der Waals surface area contributed by atoms with Crippen LogP contribution in [-0.4, -0.2) is 17.4 Å². The van der Waals surface area contributed by atoms with Crippen molar-refractivity contribution < 1.29 is 9.18 Å². The van der Waals surface area contributed by atoms with Crippen molar-refractivity contribution in [1.29, 1.82) is 0 Å². The van der Waals surface area contributed by atoms with Crippen molar-refractivity contribution in [1.82, 2.24) is 10.3 Å². The van der Waals surface area contributed by atoms with Gasteiger partial charge in [-0.2, -0.15) is 0 Å². The number of benzene rings is 1. The van der Waals surface area contributed by atoms with E-state index in [0.29, 0.717) is 29.1 Å². The number of nitrogen functional groups attached to an aromatic ring is 1. The summed E-state index contributed by atoms with van der Waals surface area (Å²) in [6.07, 6.45) is 0.421. The van der Waals surface area contributed by atoms with E-state index >= 15 is 0 Å². The Kier molecular flexibility index (Phi) is 4.87. The maximum absolute atomic E-state index is 13.7. The fraction of sp³-hybridized carbons (Fsp3) is 0.100. The molecule has 1 amide bonds. The number of hydrogen-bond acceptors (Lipinski definition) is 5. The number of aromatic nitrogens is 1. The highest BCUT2D eigenvalue weighted by molar-refractivity contribution is 7.21. The van der Waals surface area contributed by atoms with Gasteiger partial charge in [0.05, 0.1) is 16.3 Å². The number of hydrogen-bond donors (Lipinski definition) is 2. The van der Waals surface area contributed by atoms with E-state index < -0.39 is 0 Å². The number of nitrogens with zero attached hydrogens (tertiary/aromatic N) is 1. The first-order valence-electron chi connectivity index (χ1n) is 8.38. The molecule has 3 aromatic heterocycles. The number of nitrogens with two attached hydrogens (primary N) is 1. The van der Waals surface area contributed by atoms with E-state index in [-0.39, 0.29) is 11.7 Å². The first-order valence-corrected chi connectivity index (χ1v) is 10.1. The Morgan fingerprint density at radius 3 is 2.78 bits per heavy atom. The summed E-state index contributed by atoms with van der Waals surface area (Å²) in [5, 5.41) is 5.59.